The van der Waals surface area contributed by atoms with E-state index in [4.69, 9.17) is 0 Å². The van der Waals surface area contributed by atoms with Crippen molar-refractivity contribution in [1.82, 2.24) is 0 Å². The lowest BCUT2D eigenvalue weighted by molar-refractivity contribution is -0.118. The van der Waals surface area contributed by atoms with E-state index in [2.05, 4.69) is 6.08 Å². The number of carbonyl (C=O) groups excluding carboxylic acids is 1. The second-order valence-corrected chi connectivity index (χ2v) is 8.32. The van der Waals surface area contributed by atoms with Crippen LogP contribution in [-0.4, -0.2) is 17.0 Å². The van der Waals surface area contributed by atoms with E-state index in [0.29, 0.717) is 17.8 Å². The number of para-hydroxylation sites is 1. The van der Waals surface area contributed by atoms with Crippen molar-refractivity contribution in [1.29, 1.82) is 0 Å². The van der Waals surface area contributed by atoms with Gasteiger partial charge in [-0.1, -0.05) is 38.1 Å². The molecule has 142 valence electrons. The van der Waals surface area contributed by atoms with Gasteiger partial charge in [-0.15, -0.1) is 11.3 Å². The van der Waals surface area contributed by atoms with Crippen LogP contribution in [0.25, 0.3) is 5.57 Å². The van der Waals surface area contributed by atoms with Crippen molar-refractivity contribution in [2.24, 2.45) is 5.92 Å². The Labute approximate surface area is 164 Å². The standard InChI is InChI=1S/C22H25NO3S/c1-15(2)13-20(24)23(17-11-7-4-8-12-17)18-14-19(27-21(18)22(25)26)16-9-5-3-6-10-16/h4,7-9,11-12,14-15H,3,5-6,10,13H2,1-2H3,(H,25,26). The van der Waals surface area contributed by atoms with Crippen molar-refractivity contribution in [2.75, 3.05) is 4.90 Å². The van der Waals surface area contributed by atoms with E-state index in [1.807, 2.05) is 50.2 Å². The lowest BCUT2D eigenvalue weighted by Gasteiger charge is -2.23. The Bertz CT molecular complexity index is 852. The number of thiophene rings is 1. The highest BCUT2D eigenvalue weighted by Crippen LogP contribution is 2.40. The summed E-state index contributed by atoms with van der Waals surface area (Å²) in [5, 5.41) is 9.79. The Morgan fingerprint density at radius 1 is 1.19 bits per heavy atom. The zero-order valence-electron chi connectivity index (χ0n) is 15.8. The van der Waals surface area contributed by atoms with Gasteiger partial charge >= 0.3 is 5.97 Å². The maximum absolute atomic E-state index is 13.0. The molecule has 3 rings (SSSR count). The van der Waals surface area contributed by atoms with Crippen molar-refractivity contribution >= 4 is 40.2 Å². The maximum Gasteiger partial charge on any atom is 0.348 e. The van der Waals surface area contributed by atoms with Crippen molar-refractivity contribution in [3.8, 4) is 0 Å². The number of hydrogen-bond donors (Lipinski definition) is 1. The number of carbonyl (C=O) groups is 2. The average molecular weight is 384 g/mol. The third-order valence-electron chi connectivity index (χ3n) is 4.60. The highest BCUT2D eigenvalue weighted by molar-refractivity contribution is 7.15. The minimum atomic E-state index is -0.990. The fourth-order valence-corrected chi connectivity index (χ4v) is 4.40. The van der Waals surface area contributed by atoms with Gasteiger partial charge < -0.3 is 5.11 Å². The molecule has 0 atom stereocenters. The molecule has 1 aliphatic carbocycles. The summed E-state index contributed by atoms with van der Waals surface area (Å²) < 4.78 is 0. The summed E-state index contributed by atoms with van der Waals surface area (Å²) in [5.74, 6) is -0.882. The van der Waals surface area contributed by atoms with Gasteiger partial charge in [0.2, 0.25) is 5.91 Å². The van der Waals surface area contributed by atoms with Crippen LogP contribution in [0.15, 0.2) is 42.5 Å². The van der Waals surface area contributed by atoms with Gasteiger partial charge in [0.1, 0.15) is 4.88 Å². The van der Waals surface area contributed by atoms with Crippen LogP contribution in [0.1, 0.15) is 60.5 Å². The van der Waals surface area contributed by atoms with Crippen LogP contribution in [0.3, 0.4) is 0 Å². The number of rotatable bonds is 6. The zero-order valence-corrected chi connectivity index (χ0v) is 16.6. The number of allylic oxidation sites excluding steroid dienone is 2. The van der Waals surface area contributed by atoms with Crippen molar-refractivity contribution in [3.63, 3.8) is 0 Å². The minimum Gasteiger partial charge on any atom is -0.477 e. The van der Waals surface area contributed by atoms with Crippen LogP contribution >= 0.6 is 11.3 Å². The van der Waals surface area contributed by atoms with Crippen molar-refractivity contribution in [3.05, 3.63) is 52.2 Å². The predicted molar refractivity (Wildman–Crippen MR) is 111 cm³/mol. The molecule has 4 nitrogen and oxygen atoms in total. The van der Waals surface area contributed by atoms with Gasteiger partial charge in [-0.3, -0.25) is 9.69 Å². The number of carboxylic acid groups (broad SMARTS) is 1. The van der Waals surface area contributed by atoms with Gasteiger partial charge in [-0.25, -0.2) is 4.79 Å². The van der Waals surface area contributed by atoms with E-state index in [9.17, 15) is 14.7 Å². The largest absolute Gasteiger partial charge is 0.477 e. The van der Waals surface area contributed by atoms with E-state index in [-0.39, 0.29) is 16.7 Å². The molecule has 0 fully saturated rings. The van der Waals surface area contributed by atoms with Crippen LogP contribution in [0.2, 0.25) is 0 Å². The lowest BCUT2D eigenvalue weighted by Crippen LogP contribution is -2.27. The molecule has 1 aliphatic rings. The topological polar surface area (TPSA) is 57.6 Å². The summed E-state index contributed by atoms with van der Waals surface area (Å²) in [4.78, 5) is 27.7. The summed E-state index contributed by atoms with van der Waals surface area (Å²) in [6.07, 6.45) is 6.85. The summed E-state index contributed by atoms with van der Waals surface area (Å²) >= 11 is 1.27. The molecule has 0 radical (unpaired) electrons. The van der Waals surface area contributed by atoms with Crippen molar-refractivity contribution < 1.29 is 14.7 Å². The average Bonchev–Trinajstić information content (AvgIpc) is 3.08. The molecule has 1 aromatic carbocycles. The summed E-state index contributed by atoms with van der Waals surface area (Å²) in [5.41, 5.74) is 2.38. The fraction of sp³-hybridized carbons (Fsp3) is 0.364. The molecule has 0 spiro atoms. The molecule has 0 unspecified atom stereocenters. The number of benzene rings is 1. The Kier molecular flexibility index (Phi) is 6.11. The highest BCUT2D eigenvalue weighted by atomic mass is 32.1. The normalized spacial score (nSPS) is 14.1. The Balaban J connectivity index is 2.10. The summed E-state index contributed by atoms with van der Waals surface area (Å²) in [7, 11) is 0. The van der Waals surface area contributed by atoms with E-state index in [1.54, 1.807) is 4.90 Å². The third kappa shape index (κ3) is 4.48. The van der Waals surface area contributed by atoms with Crippen LogP contribution in [-0.2, 0) is 4.79 Å². The predicted octanol–water partition coefficient (Wildman–Crippen LogP) is 6.11. The van der Waals surface area contributed by atoms with E-state index >= 15 is 0 Å². The van der Waals surface area contributed by atoms with Gasteiger partial charge in [-0.2, -0.15) is 0 Å². The van der Waals surface area contributed by atoms with Crippen LogP contribution in [0, 0.1) is 5.92 Å². The van der Waals surface area contributed by atoms with Crippen molar-refractivity contribution in [2.45, 2.75) is 46.0 Å². The molecular weight excluding hydrogens is 358 g/mol. The quantitative estimate of drug-likeness (QED) is 0.654. The molecule has 1 heterocycles. The first-order valence-electron chi connectivity index (χ1n) is 9.42. The van der Waals surface area contributed by atoms with Gasteiger partial charge in [0, 0.05) is 17.0 Å². The second kappa shape index (κ2) is 8.53. The summed E-state index contributed by atoms with van der Waals surface area (Å²) in [6, 6.07) is 11.2. The molecular formula is C22H25NO3S. The Morgan fingerprint density at radius 3 is 2.52 bits per heavy atom. The smallest absolute Gasteiger partial charge is 0.348 e. The second-order valence-electron chi connectivity index (χ2n) is 7.27. The fourth-order valence-electron chi connectivity index (χ4n) is 3.36. The van der Waals surface area contributed by atoms with Gasteiger partial charge in [-0.05, 0) is 55.4 Å². The number of anilines is 2. The highest BCUT2D eigenvalue weighted by Gasteiger charge is 2.27. The molecule has 0 saturated heterocycles. The minimum absolute atomic E-state index is 0.0827. The molecule has 0 bridgehead atoms. The first-order valence-corrected chi connectivity index (χ1v) is 10.2. The van der Waals surface area contributed by atoms with Gasteiger partial charge in [0.05, 0.1) is 5.69 Å². The zero-order chi connectivity index (χ0) is 19.4. The van der Waals surface area contributed by atoms with E-state index in [1.165, 1.54) is 23.3 Å². The van der Waals surface area contributed by atoms with E-state index < -0.39 is 5.97 Å². The van der Waals surface area contributed by atoms with E-state index in [0.717, 1.165) is 24.1 Å². The van der Waals surface area contributed by atoms with Crippen LogP contribution in [0.4, 0.5) is 11.4 Å². The first kappa shape index (κ1) is 19.4. The van der Waals surface area contributed by atoms with Crippen LogP contribution in [0.5, 0.6) is 0 Å². The third-order valence-corrected chi connectivity index (χ3v) is 5.79. The lowest BCUT2D eigenvalue weighted by atomic mass is 9.98. The number of amides is 1. The first-order chi connectivity index (χ1) is 13.0. The number of carboxylic acids is 1. The molecule has 5 heteroatoms. The Hall–Kier alpha value is -2.40. The molecule has 1 N–H and O–H groups in total. The monoisotopic (exact) mass is 383 g/mol. The van der Waals surface area contributed by atoms with Gasteiger partial charge in [0.15, 0.2) is 0 Å². The number of nitrogens with zero attached hydrogens (tertiary/aromatic N) is 1. The molecule has 0 saturated carbocycles. The molecule has 1 aromatic heterocycles. The van der Waals surface area contributed by atoms with Gasteiger partial charge in [0.25, 0.3) is 0 Å². The Morgan fingerprint density at radius 2 is 1.93 bits per heavy atom. The molecule has 1 amide bonds. The molecule has 2 aromatic rings. The molecule has 27 heavy (non-hydrogen) atoms. The number of aromatic carboxylic acids is 1. The molecule has 0 aliphatic heterocycles. The number of hydrogen-bond acceptors (Lipinski definition) is 3. The summed E-state index contributed by atoms with van der Waals surface area (Å²) in [6.45, 7) is 3.98. The SMILES string of the molecule is CC(C)CC(=O)N(c1ccccc1)c1cc(C2=CCCCC2)sc1C(=O)O. The van der Waals surface area contributed by atoms with Crippen LogP contribution < -0.4 is 4.90 Å². The maximum atomic E-state index is 13.0.